The van der Waals surface area contributed by atoms with E-state index in [0.717, 1.165) is 6.42 Å². The molecule has 0 saturated heterocycles. The average molecular weight is 362 g/mol. The number of rotatable bonds is 1. The van der Waals surface area contributed by atoms with Crippen molar-refractivity contribution in [3.8, 4) is 0 Å². The van der Waals surface area contributed by atoms with Crippen LogP contribution in [0.3, 0.4) is 0 Å². The first kappa shape index (κ1) is 24.7. The molecular formula is C14H17Cl2NOSiTi-2. The summed E-state index contributed by atoms with van der Waals surface area (Å²) in [5, 5.41) is 0. The third kappa shape index (κ3) is 17.7. The number of amides is 1. The Morgan fingerprint density at radius 1 is 1.25 bits per heavy atom. The predicted octanol–water partition coefficient (Wildman–Crippen LogP) is -2.02. The molecule has 108 valence electrons. The van der Waals surface area contributed by atoms with Gasteiger partial charge >= 0.3 is 38.5 Å². The third-order valence-corrected chi connectivity index (χ3v) is 1.62. The number of hydrogen-bond acceptors (Lipinski definition) is 1. The second kappa shape index (κ2) is 16.7. The van der Waals surface area contributed by atoms with Crippen LogP contribution in [0.15, 0.2) is 48.6 Å². The smallest absolute Gasteiger partial charge is 0.0796 e. The number of carbonyl (C=O) groups is 1. The van der Waals surface area contributed by atoms with Crippen LogP contribution in [0.5, 0.6) is 0 Å². The SMILES string of the molecule is C[Si](C)=[Ti+2].[C-]1=CC=CC1.[Cl-].[Cl-].[NH-]C(=O)c1ccccc1. The molecule has 0 aliphatic heterocycles. The molecule has 1 aromatic carbocycles. The summed E-state index contributed by atoms with van der Waals surface area (Å²) in [7, 11) is 0. The monoisotopic (exact) mass is 361 g/mol. The van der Waals surface area contributed by atoms with Crippen molar-refractivity contribution in [1.29, 1.82) is 0 Å². The molecule has 0 atom stereocenters. The zero-order valence-corrected chi connectivity index (χ0v) is 15.6. The number of benzene rings is 1. The Hall–Kier alpha value is -0.319. The van der Waals surface area contributed by atoms with Crippen LogP contribution in [-0.4, -0.2) is 12.1 Å². The van der Waals surface area contributed by atoms with Crippen molar-refractivity contribution in [3.63, 3.8) is 0 Å². The Balaban J connectivity index is -0.000000228. The van der Waals surface area contributed by atoms with E-state index in [1.165, 1.54) is 0 Å². The maximum Gasteiger partial charge on any atom is 0.0796 e. The largest absolute Gasteiger partial charge is 1.00 e. The minimum atomic E-state index is -0.629. The Labute approximate surface area is 145 Å². The van der Waals surface area contributed by atoms with Crippen molar-refractivity contribution in [2.45, 2.75) is 19.5 Å². The molecule has 0 spiro atoms. The van der Waals surface area contributed by atoms with Gasteiger partial charge in [0, 0.05) is 0 Å². The van der Waals surface area contributed by atoms with Gasteiger partial charge < -0.3 is 35.3 Å². The molecule has 2 rings (SSSR count). The molecule has 1 aromatic rings. The van der Waals surface area contributed by atoms with Gasteiger partial charge in [0.1, 0.15) is 0 Å². The molecule has 6 heteroatoms. The van der Waals surface area contributed by atoms with Crippen LogP contribution in [0.4, 0.5) is 0 Å². The van der Waals surface area contributed by atoms with Gasteiger partial charge in [-0.15, -0.1) is 6.42 Å². The molecule has 1 aliphatic carbocycles. The molecule has 2 nitrogen and oxygen atoms in total. The van der Waals surface area contributed by atoms with Gasteiger partial charge in [-0.3, -0.25) is 6.08 Å². The van der Waals surface area contributed by atoms with Crippen LogP contribution < -0.4 is 24.8 Å². The molecule has 0 radical (unpaired) electrons. The van der Waals surface area contributed by atoms with Gasteiger partial charge in [0.15, 0.2) is 0 Å². The maximum absolute atomic E-state index is 10.3. The standard InChI is InChI=1S/C7H7NO.C5H5.C2H6Si.2ClH.Ti/c8-7(9)6-4-2-1-3-5-6;1-2-4-5-3-1;1-3-2;;;/h1-5H,(H2,8,9);1-3H,4H2;1-2H3;2*1H;/q;-1;;;;+2/p-3. The second-order valence-electron chi connectivity index (χ2n) is 3.70. The normalized spacial score (nSPS) is 9.80. The summed E-state index contributed by atoms with van der Waals surface area (Å²) in [6.07, 6.45) is 10.1. The minimum Gasteiger partial charge on any atom is -1.00 e. The van der Waals surface area contributed by atoms with Crippen LogP contribution >= 0.6 is 0 Å². The fourth-order valence-corrected chi connectivity index (χ4v) is 0.930. The van der Waals surface area contributed by atoms with E-state index in [2.05, 4.69) is 44.4 Å². The van der Waals surface area contributed by atoms with Crippen molar-refractivity contribution in [2.24, 2.45) is 0 Å². The number of nitrogens with one attached hydrogen (secondary N) is 1. The van der Waals surface area contributed by atoms with Crippen molar-refractivity contribution >= 4 is 12.1 Å². The Kier molecular flexibility index (Phi) is 20.7. The fourth-order valence-electron chi connectivity index (χ4n) is 0.930. The molecule has 0 fully saturated rings. The van der Waals surface area contributed by atoms with Crippen LogP contribution in [-0.2, 0) is 19.2 Å². The Morgan fingerprint density at radius 3 is 1.95 bits per heavy atom. The minimum absolute atomic E-state index is 0. The van der Waals surface area contributed by atoms with E-state index in [1.807, 2.05) is 18.2 Å². The van der Waals surface area contributed by atoms with Gasteiger partial charge in [-0.1, -0.05) is 30.3 Å². The number of allylic oxidation sites excluding steroid dienone is 4. The first-order chi connectivity index (χ1) is 8.54. The van der Waals surface area contributed by atoms with Crippen molar-refractivity contribution in [1.82, 2.24) is 0 Å². The third-order valence-electron chi connectivity index (χ3n) is 1.62. The summed E-state index contributed by atoms with van der Waals surface area (Å²) in [5.41, 5.74) is 7.12. The van der Waals surface area contributed by atoms with E-state index >= 15 is 0 Å². The molecule has 1 N–H and O–H groups in total. The summed E-state index contributed by atoms with van der Waals surface area (Å²) in [4.78, 5) is 10.3. The topological polar surface area (TPSA) is 40.9 Å². The summed E-state index contributed by atoms with van der Waals surface area (Å²) >= 11 is 2.27. The van der Waals surface area contributed by atoms with E-state index in [0.29, 0.717) is 5.56 Å². The zero-order chi connectivity index (χ0) is 13.8. The molecule has 20 heavy (non-hydrogen) atoms. The first-order valence-electron chi connectivity index (χ1n) is 5.58. The fraction of sp³-hybridized carbons (Fsp3) is 0.214. The number of hydrogen-bond donors (Lipinski definition) is 0. The van der Waals surface area contributed by atoms with E-state index in [1.54, 1.807) is 24.3 Å². The van der Waals surface area contributed by atoms with Gasteiger partial charge in [0.05, 0.1) is 5.91 Å². The molecule has 0 unspecified atom stereocenters. The van der Waals surface area contributed by atoms with E-state index in [-0.39, 0.29) is 31.0 Å². The molecule has 0 heterocycles. The van der Waals surface area contributed by atoms with Crippen LogP contribution in [0.25, 0.3) is 5.73 Å². The van der Waals surface area contributed by atoms with Gasteiger partial charge in [-0.25, -0.2) is 12.2 Å². The van der Waals surface area contributed by atoms with Gasteiger partial charge in [-0.05, 0) is 5.56 Å². The molecule has 1 amide bonds. The van der Waals surface area contributed by atoms with Crippen LogP contribution in [0.2, 0.25) is 13.1 Å². The zero-order valence-electron chi connectivity index (χ0n) is 11.5. The Morgan fingerprint density at radius 2 is 1.75 bits per heavy atom. The number of carbonyl (C=O) groups excluding carboxylic acids is 1. The van der Waals surface area contributed by atoms with Crippen molar-refractivity contribution < 1.29 is 48.8 Å². The van der Waals surface area contributed by atoms with Gasteiger partial charge in [0.2, 0.25) is 0 Å². The second-order valence-corrected chi connectivity index (χ2v) is 10.4. The summed E-state index contributed by atoms with van der Waals surface area (Å²) in [5.74, 6) is -0.629. The van der Waals surface area contributed by atoms with E-state index in [4.69, 9.17) is 5.73 Å². The summed E-state index contributed by atoms with van der Waals surface area (Å²) in [6, 6.07) is 8.53. The first-order valence-corrected chi connectivity index (χ1v) is 10.4. The van der Waals surface area contributed by atoms with Crippen LogP contribution in [0, 0.1) is 6.08 Å². The molecular weight excluding hydrogens is 345 g/mol. The number of halogens is 2. The quantitative estimate of drug-likeness (QED) is 0.420. The molecule has 0 bridgehead atoms. The van der Waals surface area contributed by atoms with E-state index < -0.39 is 5.91 Å². The van der Waals surface area contributed by atoms with Gasteiger partial charge in [0.25, 0.3) is 0 Å². The summed E-state index contributed by atoms with van der Waals surface area (Å²) < 4.78 is 0. The van der Waals surface area contributed by atoms with Crippen molar-refractivity contribution in [3.05, 3.63) is 65.9 Å². The van der Waals surface area contributed by atoms with Crippen molar-refractivity contribution in [2.75, 3.05) is 0 Å². The average Bonchev–Trinajstić information content (AvgIpc) is 2.88. The summed E-state index contributed by atoms with van der Waals surface area (Å²) in [6.45, 7) is 4.54. The van der Waals surface area contributed by atoms with E-state index in [9.17, 15) is 4.79 Å². The molecule has 1 aliphatic rings. The maximum atomic E-state index is 10.3. The van der Waals surface area contributed by atoms with Gasteiger partial charge in [-0.2, -0.15) is 6.08 Å². The van der Waals surface area contributed by atoms with Crippen LogP contribution in [0.1, 0.15) is 16.8 Å². The molecule has 0 saturated carbocycles. The molecule has 0 aromatic heterocycles. The Bertz CT molecular complexity index is 422. The predicted molar refractivity (Wildman–Crippen MR) is 74.1 cm³/mol.